The van der Waals surface area contributed by atoms with Crippen molar-refractivity contribution in [2.45, 2.75) is 6.92 Å². The number of hydrogen-bond donors (Lipinski definition) is 1. The Bertz CT molecular complexity index is 787. The van der Waals surface area contributed by atoms with Crippen LogP contribution in [0.5, 0.6) is 5.75 Å². The second kappa shape index (κ2) is 4.64. The number of aromatic carboxylic acids is 1. The van der Waals surface area contributed by atoms with Gasteiger partial charge in [-0.05, 0) is 36.8 Å². The summed E-state index contributed by atoms with van der Waals surface area (Å²) in [4.78, 5) is 16.0. The molecule has 0 radical (unpaired) electrons. The number of aryl methyl sites for hydroxylation is 1. The van der Waals surface area contributed by atoms with E-state index in [9.17, 15) is 4.79 Å². The number of aromatic nitrogens is 2. The molecule has 20 heavy (non-hydrogen) atoms. The fourth-order valence-electron chi connectivity index (χ4n) is 2.16. The molecule has 0 atom stereocenters. The van der Waals surface area contributed by atoms with Crippen LogP contribution in [0.2, 0.25) is 0 Å². The Morgan fingerprint density at radius 3 is 2.65 bits per heavy atom. The second-order valence-corrected chi connectivity index (χ2v) is 5.15. The van der Waals surface area contributed by atoms with Crippen molar-refractivity contribution in [3.8, 4) is 17.0 Å². The van der Waals surface area contributed by atoms with Gasteiger partial charge in [-0.25, -0.2) is 9.78 Å². The number of methoxy groups -OCH3 is 1. The van der Waals surface area contributed by atoms with E-state index in [1.807, 2.05) is 34.0 Å². The summed E-state index contributed by atoms with van der Waals surface area (Å²) >= 11 is 1.43. The number of benzene rings is 1. The standard InChI is InChI=1S/C14H12N2O3S/c1-8-12(13(17)18)15-14-16(8)11(7-20-14)9-3-5-10(19-2)6-4-9/h3-7H,1-2H3,(H,17,18). The topological polar surface area (TPSA) is 63.8 Å². The average Bonchev–Trinajstić information content (AvgIpc) is 3.00. The van der Waals surface area contributed by atoms with Crippen molar-refractivity contribution in [1.82, 2.24) is 9.38 Å². The summed E-state index contributed by atoms with van der Waals surface area (Å²) in [5, 5.41) is 11.1. The summed E-state index contributed by atoms with van der Waals surface area (Å²) in [7, 11) is 1.62. The van der Waals surface area contributed by atoms with E-state index in [1.54, 1.807) is 14.0 Å². The lowest BCUT2D eigenvalue weighted by Crippen LogP contribution is -2.00. The van der Waals surface area contributed by atoms with E-state index in [-0.39, 0.29) is 5.69 Å². The molecule has 0 saturated carbocycles. The number of carboxylic acid groups (broad SMARTS) is 1. The van der Waals surface area contributed by atoms with Gasteiger partial charge in [-0.1, -0.05) is 0 Å². The zero-order chi connectivity index (χ0) is 14.3. The van der Waals surface area contributed by atoms with Crippen molar-refractivity contribution in [2.75, 3.05) is 7.11 Å². The molecule has 3 rings (SSSR count). The molecule has 0 amide bonds. The zero-order valence-corrected chi connectivity index (χ0v) is 11.8. The lowest BCUT2D eigenvalue weighted by atomic mass is 10.1. The van der Waals surface area contributed by atoms with Gasteiger partial charge < -0.3 is 9.84 Å². The van der Waals surface area contributed by atoms with Crippen LogP contribution in [0.3, 0.4) is 0 Å². The summed E-state index contributed by atoms with van der Waals surface area (Å²) in [5.74, 6) is -0.215. The van der Waals surface area contributed by atoms with Gasteiger partial charge in [0, 0.05) is 5.38 Å². The Morgan fingerprint density at radius 2 is 2.05 bits per heavy atom. The van der Waals surface area contributed by atoms with Crippen LogP contribution in [0.1, 0.15) is 16.2 Å². The van der Waals surface area contributed by atoms with E-state index in [0.717, 1.165) is 17.0 Å². The minimum Gasteiger partial charge on any atom is -0.497 e. The summed E-state index contributed by atoms with van der Waals surface area (Å²) in [5.41, 5.74) is 2.67. The number of fused-ring (bicyclic) bond motifs is 1. The molecule has 0 aliphatic rings. The van der Waals surface area contributed by atoms with E-state index in [0.29, 0.717) is 10.7 Å². The van der Waals surface area contributed by atoms with Gasteiger partial charge in [0.1, 0.15) is 5.75 Å². The van der Waals surface area contributed by atoms with Gasteiger partial charge in [-0.3, -0.25) is 4.40 Å². The molecule has 0 unspecified atom stereocenters. The van der Waals surface area contributed by atoms with Gasteiger partial charge in [0.2, 0.25) is 0 Å². The normalized spacial score (nSPS) is 10.9. The Balaban J connectivity index is 2.18. The SMILES string of the molecule is COc1ccc(-c2csc3nc(C(=O)O)c(C)n23)cc1. The summed E-state index contributed by atoms with van der Waals surface area (Å²) < 4.78 is 7.01. The fourth-order valence-corrected chi connectivity index (χ4v) is 3.10. The highest BCUT2D eigenvalue weighted by molar-refractivity contribution is 7.15. The smallest absolute Gasteiger partial charge is 0.356 e. The summed E-state index contributed by atoms with van der Waals surface area (Å²) in [6.45, 7) is 1.77. The molecule has 1 aromatic carbocycles. The number of imidazole rings is 1. The molecule has 0 fully saturated rings. The molecule has 2 heterocycles. The fraction of sp³-hybridized carbons (Fsp3) is 0.143. The largest absolute Gasteiger partial charge is 0.497 e. The molecular formula is C14H12N2O3S. The molecule has 3 aromatic rings. The molecule has 0 aliphatic heterocycles. The molecule has 0 aliphatic carbocycles. The first kappa shape index (κ1) is 12.7. The van der Waals surface area contributed by atoms with Crippen LogP contribution < -0.4 is 4.74 Å². The highest BCUT2D eigenvalue weighted by Crippen LogP contribution is 2.29. The minimum absolute atomic E-state index is 0.103. The predicted molar refractivity (Wildman–Crippen MR) is 76.8 cm³/mol. The van der Waals surface area contributed by atoms with E-state index < -0.39 is 5.97 Å². The van der Waals surface area contributed by atoms with Crippen LogP contribution >= 0.6 is 11.3 Å². The average molecular weight is 288 g/mol. The van der Waals surface area contributed by atoms with Crippen molar-refractivity contribution in [2.24, 2.45) is 0 Å². The molecule has 2 aromatic heterocycles. The molecule has 6 heteroatoms. The molecular weight excluding hydrogens is 276 g/mol. The number of rotatable bonds is 3. The van der Waals surface area contributed by atoms with Gasteiger partial charge >= 0.3 is 5.97 Å². The van der Waals surface area contributed by atoms with Crippen LogP contribution in [0.4, 0.5) is 0 Å². The van der Waals surface area contributed by atoms with Crippen molar-refractivity contribution >= 4 is 22.3 Å². The van der Waals surface area contributed by atoms with Gasteiger partial charge in [0.25, 0.3) is 0 Å². The van der Waals surface area contributed by atoms with Gasteiger partial charge in [0.15, 0.2) is 10.7 Å². The van der Waals surface area contributed by atoms with Crippen molar-refractivity contribution in [3.05, 3.63) is 41.0 Å². The van der Waals surface area contributed by atoms with E-state index in [1.165, 1.54) is 11.3 Å². The second-order valence-electron chi connectivity index (χ2n) is 4.32. The van der Waals surface area contributed by atoms with Crippen LogP contribution in [-0.2, 0) is 0 Å². The predicted octanol–water partition coefficient (Wildman–Crippen LogP) is 3.08. The Kier molecular flexibility index (Phi) is 2.94. The first-order valence-electron chi connectivity index (χ1n) is 5.96. The highest BCUT2D eigenvalue weighted by Gasteiger charge is 2.18. The Morgan fingerprint density at radius 1 is 1.35 bits per heavy atom. The number of carboxylic acids is 1. The number of hydrogen-bond acceptors (Lipinski definition) is 4. The van der Waals surface area contributed by atoms with Crippen LogP contribution in [0, 0.1) is 6.92 Å². The maximum atomic E-state index is 11.1. The summed E-state index contributed by atoms with van der Waals surface area (Å²) in [6.07, 6.45) is 0. The first-order valence-corrected chi connectivity index (χ1v) is 6.84. The van der Waals surface area contributed by atoms with Crippen molar-refractivity contribution in [3.63, 3.8) is 0 Å². The molecule has 1 N–H and O–H groups in total. The monoisotopic (exact) mass is 288 g/mol. The number of ether oxygens (including phenoxy) is 1. The number of thiazole rings is 1. The van der Waals surface area contributed by atoms with E-state index in [4.69, 9.17) is 9.84 Å². The van der Waals surface area contributed by atoms with Crippen LogP contribution in [0.15, 0.2) is 29.6 Å². The van der Waals surface area contributed by atoms with Gasteiger partial charge in [0.05, 0.1) is 18.5 Å². The first-order chi connectivity index (χ1) is 9.61. The van der Waals surface area contributed by atoms with Gasteiger partial charge in [-0.2, -0.15) is 0 Å². The quantitative estimate of drug-likeness (QED) is 0.804. The summed E-state index contributed by atoms with van der Waals surface area (Å²) in [6, 6.07) is 7.65. The molecule has 5 nitrogen and oxygen atoms in total. The molecule has 0 bridgehead atoms. The van der Waals surface area contributed by atoms with Gasteiger partial charge in [-0.15, -0.1) is 11.3 Å². The third-order valence-electron chi connectivity index (χ3n) is 3.18. The number of nitrogens with zero attached hydrogens (tertiary/aromatic N) is 2. The van der Waals surface area contributed by atoms with E-state index >= 15 is 0 Å². The molecule has 102 valence electrons. The maximum absolute atomic E-state index is 11.1. The maximum Gasteiger partial charge on any atom is 0.356 e. The molecule has 0 saturated heterocycles. The molecule has 0 spiro atoms. The van der Waals surface area contributed by atoms with Crippen molar-refractivity contribution < 1.29 is 14.6 Å². The Labute approximate surface area is 119 Å². The lowest BCUT2D eigenvalue weighted by molar-refractivity contribution is 0.0690. The third-order valence-corrected chi connectivity index (χ3v) is 4.01. The third kappa shape index (κ3) is 1.85. The van der Waals surface area contributed by atoms with Crippen LogP contribution in [0.25, 0.3) is 16.2 Å². The van der Waals surface area contributed by atoms with Crippen molar-refractivity contribution in [1.29, 1.82) is 0 Å². The van der Waals surface area contributed by atoms with Crippen LogP contribution in [-0.4, -0.2) is 27.6 Å². The Hall–Kier alpha value is -2.34. The minimum atomic E-state index is -1.00. The highest BCUT2D eigenvalue weighted by atomic mass is 32.1. The van der Waals surface area contributed by atoms with E-state index in [2.05, 4.69) is 4.98 Å². The zero-order valence-electron chi connectivity index (χ0n) is 11.0. The number of carbonyl (C=O) groups is 1. The lowest BCUT2D eigenvalue weighted by Gasteiger charge is -2.04.